The summed E-state index contributed by atoms with van der Waals surface area (Å²) in [5, 5.41) is 6.94. The molecule has 0 aliphatic heterocycles. The Balaban J connectivity index is 1.86. The lowest BCUT2D eigenvalue weighted by atomic mass is 10.0. The molecule has 2 rings (SSSR count). The van der Waals surface area contributed by atoms with Gasteiger partial charge in [-0.2, -0.15) is 5.10 Å². The summed E-state index contributed by atoms with van der Waals surface area (Å²) in [7, 11) is 1.55. The van der Waals surface area contributed by atoms with Crippen LogP contribution in [0.1, 0.15) is 33.6 Å². The number of rotatable bonds is 8. The molecule has 134 valence electrons. The Hall–Kier alpha value is -2.47. The van der Waals surface area contributed by atoms with Gasteiger partial charge in [0.05, 0.1) is 13.2 Å². The fourth-order valence-corrected chi connectivity index (χ4v) is 2.61. The van der Waals surface area contributed by atoms with Crippen LogP contribution in [-0.2, 0) is 17.7 Å². The van der Waals surface area contributed by atoms with E-state index in [1.807, 2.05) is 0 Å². The van der Waals surface area contributed by atoms with Crippen LogP contribution in [0.3, 0.4) is 0 Å². The molecule has 0 unspecified atom stereocenters. The van der Waals surface area contributed by atoms with Gasteiger partial charge in [-0.25, -0.2) is 4.68 Å². The molecule has 0 spiro atoms. The lowest BCUT2D eigenvalue weighted by Gasteiger charge is -2.09. The van der Waals surface area contributed by atoms with Gasteiger partial charge in [0.2, 0.25) is 0 Å². The van der Waals surface area contributed by atoms with Crippen molar-refractivity contribution in [2.45, 2.75) is 33.2 Å². The van der Waals surface area contributed by atoms with Crippen molar-refractivity contribution in [2.75, 3.05) is 20.3 Å². The van der Waals surface area contributed by atoms with Crippen molar-refractivity contribution >= 4 is 5.91 Å². The average molecular weight is 343 g/mol. The van der Waals surface area contributed by atoms with Gasteiger partial charge in [-0.1, -0.05) is 23.8 Å². The molecule has 0 fully saturated rings. The van der Waals surface area contributed by atoms with Crippen molar-refractivity contribution < 1.29 is 9.53 Å². The molecule has 6 nitrogen and oxygen atoms in total. The molecule has 1 amide bonds. The molecule has 1 aromatic carbocycles. The minimum absolute atomic E-state index is 0.238. The zero-order valence-corrected chi connectivity index (χ0v) is 15.0. The molecule has 0 atom stereocenters. The highest BCUT2D eigenvalue weighted by Crippen LogP contribution is 2.12. The number of benzene rings is 1. The summed E-state index contributed by atoms with van der Waals surface area (Å²) >= 11 is 0. The van der Waals surface area contributed by atoms with Gasteiger partial charge in [0.15, 0.2) is 0 Å². The topological polar surface area (TPSA) is 73.2 Å². The van der Waals surface area contributed by atoms with Crippen LogP contribution in [0.5, 0.6) is 0 Å². The van der Waals surface area contributed by atoms with Crippen LogP contribution < -0.4 is 10.9 Å². The number of nitrogens with one attached hydrogen (secondary N) is 1. The third-order valence-corrected chi connectivity index (χ3v) is 4.01. The van der Waals surface area contributed by atoms with E-state index in [1.165, 1.54) is 33.5 Å². The highest BCUT2D eigenvalue weighted by Gasteiger charge is 2.09. The average Bonchev–Trinajstić information content (AvgIpc) is 2.59. The molecule has 2 aromatic rings. The van der Waals surface area contributed by atoms with E-state index in [0.29, 0.717) is 19.7 Å². The van der Waals surface area contributed by atoms with E-state index < -0.39 is 0 Å². The van der Waals surface area contributed by atoms with Crippen molar-refractivity contribution in [3.05, 3.63) is 63.1 Å². The first-order valence-electron chi connectivity index (χ1n) is 8.42. The fourth-order valence-electron chi connectivity index (χ4n) is 2.61. The number of nitrogens with zero attached hydrogens (tertiary/aromatic N) is 2. The van der Waals surface area contributed by atoms with E-state index in [9.17, 15) is 9.59 Å². The quantitative estimate of drug-likeness (QED) is 0.743. The van der Waals surface area contributed by atoms with Crippen LogP contribution in [-0.4, -0.2) is 35.9 Å². The zero-order chi connectivity index (χ0) is 18.2. The largest absolute Gasteiger partial charge is 0.383 e. The summed E-state index contributed by atoms with van der Waals surface area (Å²) in [4.78, 5) is 23.9. The maximum Gasteiger partial charge on any atom is 0.271 e. The Morgan fingerprint density at radius 2 is 2.04 bits per heavy atom. The van der Waals surface area contributed by atoms with E-state index in [4.69, 9.17) is 4.74 Å². The molecule has 25 heavy (non-hydrogen) atoms. The second-order valence-electron chi connectivity index (χ2n) is 6.06. The Labute approximate surface area is 147 Å². The number of carbonyl (C=O) groups is 1. The van der Waals surface area contributed by atoms with Crippen LogP contribution in [0.4, 0.5) is 0 Å². The first kappa shape index (κ1) is 18.9. The summed E-state index contributed by atoms with van der Waals surface area (Å²) in [6.07, 6.45) is 1.76. The summed E-state index contributed by atoms with van der Waals surface area (Å²) in [6, 6.07) is 9.22. The van der Waals surface area contributed by atoms with E-state index in [0.717, 1.165) is 12.8 Å². The molecular formula is C19H25N3O3. The number of aromatic nitrogens is 2. The van der Waals surface area contributed by atoms with E-state index in [1.54, 1.807) is 7.11 Å². The number of hydrogen-bond acceptors (Lipinski definition) is 4. The van der Waals surface area contributed by atoms with Gasteiger partial charge in [-0.15, -0.1) is 0 Å². The Morgan fingerprint density at radius 3 is 2.76 bits per heavy atom. The first-order valence-corrected chi connectivity index (χ1v) is 8.42. The third-order valence-electron chi connectivity index (χ3n) is 4.01. The van der Waals surface area contributed by atoms with Gasteiger partial charge in [0.1, 0.15) is 5.69 Å². The van der Waals surface area contributed by atoms with Crippen molar-refractivity contribution in [3.8, 4) is 0 Å². The summed E-state index contributed by atoms with van der Waals surface area (Å²) in [5.74, 6) is -0.271. The molecule has 6 heteroatoms. The summed E-state index contributed by atoms with van der Waals surface area (Å²) < 4.78 is 6.18. The van der Waals surface area contributed by atoms with E-state index in [-0.39, 0.29) is 17.2 Å². The molecule has 0 bridgehead atoms. The monoisotopic (exact) mass is 343 g/mol. The summed E-state index contributed by atoms with van der Waals surface area (Å²) in [5.41, 5.74) is 3.82. The number of amides is 1. The molecule has 1 aromatic heterocycles. The van der Waals surface area contributed by atoms with Gasteiger partial charge in [0.25, 0.3) is 11.5 Å². The smallest absolute Gasteiger partial charge is 0.271 e. The number of ether oxygens (including phenoxy) is 1. The molecule has 0 aliphatic rings. The van der Waals surface area contributed by atoms with Gasteiger partial charge >= 0.3 is 0 Å². The van der Waals surface area contributed by atoms with Crippen LogP contribution >= 0.6 is 0 Å². The maximum absolute atomic E-state index is 12.2. The third kappa shape index (κ3) is 5.53. The van der Waals surface area contributed by atoms with Crippen LogP contribution in [0.2, 0.25) is 0 Å². The minimum Gasteiger partial charge on any atom is -0.383 e. The molecule has 0 saturated carbocycles. The zero-order valence-electron chi connectivity index (χ0n) is 15.0. The van der Waals surface area contributed by atoms with Gasteiger partial charge in [0, 0.05) is 19.7 Å². The molecule has 1 heterocycles. The normalized spacial score (nSPS) is 10.7. The van der Waals surface area contributed by atoms with Gasteiger partial charge in [-0.3, -0.25) is 9.59 Å². The van der Waals surface area contributed by atoms with Crippen molar-refractivity contribution in [1.82, 2.24) is 15.1 Å². The van der Waals surface area contributed by atoms with Gasteiger partial charge < -0.3 is 10.1 Å². The van der Waals surface area contributed by atoms with E-state index in [2.05, 4.69) is 42.5 Å². The molecular weight excluding hydrogens is 318 g/mol. The summed E-state index contributed by atoms with van der Waals surface area (Å²) in [6.45, 7) is 5.44. The second kappa shape index (κ2) is 9.13. The number of methoxy groups -OCH3 is 1. The Kier molecular flexibility index (Phi) is 6.89. The Morgan fingerprint density at radius 1 is 1.24 bits per heavy atom. The predicted octanol–water partition coefficient (Wildman–Crippen LogP) is 1.87. The standard InChI is InChI=1S/C19H25N3O3/c1-14-6-7-16(15(2)13-14)5-4-10-20-19(24)17-8-9-18(23)22(21-17)11-12-25-3/h6-9,13H,4-5,10-12H2,1-3H3,(H,20,24). The number of aryl methyl sites for hydroxylation is 3. The number of hydrogen-bond donors (Lipinski definition) is 1. The fraction of sp³-hybridized carbons (Fsp3) is 0.421. The van der Waals surface area contributed by atoms with Crippen LogP contribution in [0.25, 0.3) is 0 Å². The lowest BCUT2D eigenvalue weighted by molar-refractivity contribution is 0.0944. The SMILES string of the molecule is COCCn1nc(C(=O)NCCCc2ccc(C)cc2C)ccc1=O. The van der Waals surface area contributed by atoms with Crippen LogP contribution in [0, 0.1) is 13.8 Å². The molecule has 1 N–H and O–H groups in total. The molecule has 0 radical (unpaired) electrons. The highest BCUT2D eigenvalue weighted by atomic mass is 16.5. The maximum atomic E-state index is 12.2. The predicted molar refractivity (Wildman–Crippen MR) is 96.9 cm³/mol. The second-order valence-corrected chi connectivity index (χ2v) is 6.06. The van der Waals surface area contributed by atoms with E-state index >= 15 is 0 Å². The van der Waals surface area contributed by atoms with Crippen LogP contribution in [0.15, 0.2) is 35.1 Å². The number of carbonyl (C=O) groups excluding carboxylic acids is 1. The molecule has 0 aliphatic carbocycles. The lowest BCUT2D eigenvalue weighted by Crippen LogP contribution is -2.31. The van der Waals surface area contributed by atoms with Crippen molar-refractivity contribution in [3.63, 3.8) is 0 Å². The highest BCUT2D eigenvalue weighted by molar-refractivity contribution is 5.91. The van der Waals surface area contributed by atoms with Gasteiger partial charge in [-0.05, 0) is 43.9 Å². The van der Waals surface area contributed by atoms with Crippen molar-refractivity contribution in [2.24, 2.45) is 0 Å². The van der Waals surface area contributed by atoms with Crippen molar-refractivity contribution in [1.29, 1.82) is 0 Å². The molecule has 0 saturated heterocycles. The Bertz CT molecular complexity index is 784. The minimum atomic E-state index is -0.271. The first-order chi connectivity index (χ1) is 12.0.